The number of halogens is 1. The van der Waals surface area contributed by atoms with Crippen LogP contribution in [0.2, 0.25) is 0 Å². The van der Waals surface area contributed by atoms with Crippen molar-refractivity contribution in [3.63, 3.8) is 0 Å². The van der Waals surface area contributed by atoms with Crippen LogP contribution in [-0.4, -0.2) is 6.29 Å². The highest BCUT2D eigenvalue weighted by atomic mass is 19.1. The summed E-state index contributed by atoms with van der Waals surface area (Å²) in [6, 6.07) is 10.5. The Morgan fingerprint density at radius 2 is 1.95 bits per heavy atom. The number of carbonyl (C=O) groups is 1. The molecule has 2 aromatic carbocycles. The van der Waals surface area contributed by atoms with Gasteiger partial charge < -0.3 is 4.74 Å². The summed E-state index contributed by atoms with van der Waals surface area (Å²) in [5, 5.41) is 0. The zero-order valence-electron chi connectivity index (χ0n) is 11.1. The fourth-order valence-electron chi connectivity index (χ4n) is 2.58. The van der Waals surface area contributed by atoms with E-state index in [1.807, 2.05) is 6.07 Å². The second kappa shape index (κ2) is 5.45. The van der Waals surface area contributed by atoms with Crippen LogP contribution >= 0.6 is 0 Å². The Bertz CT molecular complexity index is 649. The molecular weight excluding hydrogens is 255 g/mol. The van der Waals surface area contributed by atoms with Gasteiger partial charge in [-0.2, -0.15) is 0 Å². The van der Waals surface area contributed by atoms with E-state index < -0.39 is 5.82 Å². The van der Waals surface area contributed by atoms with Gasteiger partial charge in [0.25, 0.3) is 0 Å². The van der Waals surface area contributed by atoms with Crippen LogP contribution in [0.15, 0.2) is 36.4 Å². The standard InChI is InChI=1S/C17H15FO2/c18-16-9-12(10-19)5-7-17(16)20-11-13-4-6-14-2-1-3-15(14)8-13/h4-10H,1-3,11H2. The Labute approximate surface area is 117 Å². The molecule has 1 aliphatic rings. The van der Waals surface area contributed by atoms with E-state index in [1.54, 1.807) is 6.07 Å². The molecule has 0 N–H and O–H groups in total. The molecule has 0 unspecified atom stereocenters. The van der Waals surface area contributed by atoms with Gasteiger partial charge in [0.15, 0.2) is 11.6 Å². The quantitative estimate of drug-likeness (QED) is 0.792. The summed E-state index contributed by atoms with van der Waals surface area (Å²) in [6.45, 7) is 0.338. The second-order valence-corrected chi connectivity index (χ2v) is 5.05. The molecule has 0 saturated heterocycles. The number of rotatable bonds is 4. The predicted octanol–water partition coefficient (Wildman–Crippen LogP) is 3.71. The van der Waals surface area contributed by atoms with E-state index in [1.165, 1.54) is 29.7 Å². The lowest BCUT2D eigenvalue weighted by atomic mass is 10.1. The van der Waals surface area contributed by atoms with Crippen molar-refractivity contribution in [3.05, 3.63) is 64.5 Å². The first-order chi connectivity index (χ1) is 9.76. The second-order valence-electron chi connectivity index (χ2n) is 5.05. The molecule has 0 aliphatic heterocycles. The van der Waals surface area contributed by atoms with Gasteiger partial charge in [-0.25, -0.2) is 4.39 Å². The van der Waals surface area contributed by atoms with E-state index in [0.717, 1.165) is 18.4 Å². The zero-order chi connectivity index (χ0) is 13.9. The third kappa shape index (κ3) is 2.57. The van der Waals surface area contributed by atoms with Crippen LogP contribution in [0.3, 0.4) is 0 Å². The molecule has 2 nitrogen and oxygen atoms in total. The lowest BCUT2D eigenvalue weighted by Crippen LogP contribution is -1.99. The van der Waals surface area contributed by atoms with Crippen molar-refractivity contribution in [1.29, 1.82) is 0 Å². The fraction of sp³-hybridized carbons (Fsp3) is 0.235. The SMILES string of the molecule is O=Cc1ccc(OCc2ccc3c(c2)CCC3)c(F)c1. The van der Waals surface area contributed by atoms with Crippen molar-refractivity contribution in [2.45, 2.75) is 25.9 Å². The molecule has 0 heterocycles. The van der Waals surface area contributed by atoms with E-state index >= 15 is 0 Å². The Kier molecular flexibility index (Phi) is 3.50. The average Bonchev–Trinajstić information content (AvgIpc) is 2.93. The number of aryl methyl sites for hydroxylation is 2. The molecule has 1 aliphatic carbocycles. The Morgan fingerprint density at radius 3 is 2.75 bits per heavy atom. The molecule has 0 amide bonds. The molecule has 2 aromatic rings. The van der Waals surface area contributed by atoms with Gasteiger partial charge in [0, 0.05) is 5.56 Å². The predicted molar refractivity (Wildman–Crippen MR) is 74.6 cm³/mol. The number of benzene rings is 2. The van der Waals surface area contributed by atoms with E-state index in [9.17, 15) is 9.18 Å². The molecule has 102 valence electrons. The van der Waals surface area contributed by atoms with Gasteiger partial charge in [-0.05, 0) is 54.2 Å². The van der Waals surface area contributed by atoms with Crippen molar-refractivity contribution >= 4 is 6.29 Å². The maximum atomic E-state index is 13.7. The van der Waals surface area contributed by atoms with Gasteiger partial charge in [-0.1, -0.05) is 18.2 Å². The molecule has 0 atom stereocenters. The lowest BCUT2D eigenvalue weighted by molar-refractivity contribution is 0.112. The van der Waals surface area contributed by atoms with Gasteiger partial charge >= 0.3 is 0 Å². The highest BCUT2D eigenvalue weighted by molar-refractivity contribution is 5.74. The van der Waals surface area contributed by atoms with E-state index in [4.69, 9.17) is 4.74 Å². The van der Waals surface area contributed by atoms with Crippen LogP contribution in [0.1, 0.15) is 33.5 Å². The molecule has 0 bridgehead atoms. The van der Waals surface area contributed by atoms with Gasteiger partial charge in [-0.15, -0.1) is 0 Å². The minimum Gasteiger partial charge on any atom is -0.486 e. The third-order valence-electron chi connectivity index (χ3n) is 3.65. The van der Waals surface area contributed by atoms with E-state index in [2.05, 4.69) is 12.1 Å². The minimum absolute atomic E-state index is 0.177. The minimum atomic E-state index is -0.504. The summed E-state index contributed by atoms with van der Waals surface area (Å²) in [5.74, 6) is -0.327. The number of ether oxygens (including phenoxy) is 1. The van der Waals surface area contributed by atoms with Gasteiger partial charge in [0.05, 0.1) is 0 Å². The summed E-state index contributed by atoms with van der Waals surface area (Å²) in [4.78, 5) is 10.6. The van der Waals surface area contributed by atoms with Crippen molar-refractivity contribution < 1.29 is 13.9 Å². The van der Waals surface area contributed by atoms with E-state index in [0.29, 0.717) is 18.5 Å². The van der Waals surface area contributed by atoms with Crippen LogP contribution in [0, 0.1) is 5.82 Å². The molecular formula is C17H15FO2. The van der Waals surface area contributed by atoms with Crippen molar-refractivity contribution in [2.75, 3.05) is 0 Å². The maximum absolute atomic E-state index is 13.7. The molecule has 0 aromatic heterocycles. The maximum Gasteiger partial charge on any atom is 0.165 e. The number of fused-ring (bicyclic) bond motifs is 1. The summed E-state index contributed by atoms with van der Waals surface area (Å²) in [6.07, 6.45) is 4.10. The van der Waals surface area contributed by atoms with Crippen LogP contribution in [0.5, 0.6) is 5.75 Å². The third-order valence-corrected chi connectivity index (χ3v) is 3.65. The van der Waals surface area contributed by atoms with Crippen LogP contribution in [-0.2, 0) is 19.4 Å². The first-order valence-electron chi connectivity index (χ1n) is 6.74. The number of carbonyl (C=O) groups excluding carboxylic acids is 1. The van der Waals surface area contributed by atoms with Crippen molar-refractivity contribution in [3.8, 4) is 5.75 Å². The average molecular weight is 270 g/mol. The largest absolute Gasteiger partial charge is 0.486 e. The molecule has 0 spiro atoms. The highest BCUT2D eigenvalue weighted by Gasteiger charge is 2.11. The highest BCUT2D eigenvalue weighted by Crippen LogP contribution is 2.24. The monoisotopic (exact) mass is 270 g/mol. The lowest BCUT2D eigenvalue weighted by Gasteiger charge is -2.09. The van der Waals surface area contributed by atoms with Gasteiger partial charge in [-0.3, -0.25) is 4.79 Å². The van der Waals surface area contributed by atoms with Gasteiger partial charge in [0.2, 0.25) is 0 Å². The number of aldehydes is 1. The van der Waals surface area contributed by atoms with Crippen molar-refractivity contribution in [2.24, 2.45) is 0 Å². The summed E-state index contributed by atoms with van der Waals surface area (Å²) >= 11 is 0. The van der Waals surface area contributed by atoms with Crippen LogP contribution in [0.4, 0.5) is 4.39 Å². The molecule has 0 saturated carbocycles. The first kappa shape index (κ1) is 12.9. The Morgan fingerprint density at radius 1 is 1.10 bits per heavy atom. The normalized spacial score (nSPS) is 13.1. The summed E-state index contributed by atoms with van der Waals surface area (Å²) < 4.78 is 19.2. The molecule has 3 rings (SSSR count). The van der Waals surface area contributed by atoms with Gasteiger partial charge in [0.1, 0.15) is 12.9 Å². The summed E-state index contributed by atoms with van der Waals surface area (Å²) in [7, 11) is 0. The zero-order valence-corrected chi connectivity index (χ0v) is 11.1. The van der Waals surface area contributed by atoms with Crippen molar-refractivity contribution in [1.82, 2.24) is 0 Å². The molecule has 0 radical (unpaired) electrons. The molecule has 0 fully saturated rings. The van der Waals surface area contributed by atoms with Crippen LogP contribution in [0.25, 0.3) is 0 Å². The smallest absolute Gasteiger partial charge is 0.165 e. The fourth-order valence-corrected chi connectivity index (χ4v) is 2.58. The topological polar surface area (TPSA) is 26.3 Å². The van der Waals surface area contributed by atoms with E-state index in [-0.39, 0.29) is 5.75 Å². The number of hydrogen-bond donors (Lipinski definition) is 0. The molecule has 20 heavy (non-hydrogen) atoms. The van der Waals surface area contributed by atoms with Crippen LogP contribution < -0.4 is 4.74 Å². The summed E-state index contributed by atoms with van der Waals surface area (Å²) in [5.41, 5.74) is 4.15. The Hall–Kier alpha value is -2.16. The Balaban J connectivity index is 1.72. The molecule has 3 heteroatoms. The first-order valence-corrected chi connectivity index (χ1v) is 6.74. The number of hydrogen-bond acceptors (Lipinski definition) is 2.